The fourth-order valence-electron chi connectivity index (χ4n) is 3.12. The predicted octanol–water partition coefficient (Wildman–Crippen LogP) is 1.30. The summed E-state index contributed by atoms with van der Waals surface area (Å²) in [6.45, 7) is 5.98. The van der Waals surface area contributed by atoms with E-state index < -0.39 is 0 Å². The van der Waals surface area contributed by atoms with Crippen molar-refractivity contribution in [2.24, 2.45) is 17.8 Å². The number of fused-ring (bicyclic) bond motifs is 1. The zero-order valence-electron chi connectivity index (χ0n) is 11.1. The van der Waals surface area contributed by atoms with Crippen molar-refractivity contribution in [3.8, 4) is 0 Å². The predicted molar refractivity (Wildman–Crippen MR) is 67.1 cm³/mol. The van der Waals surface area contributed by atoms with Gasteiger partial charge in [-0.2, -0.15) is 0 Å². The van der Waals surface area contributed by atoms with E-state index in [1.165, 1.54) is 12.8 Å². The van der Waals surface area contributed by atoms with Crippen molar-refractivity contribution in [2.45, 2.75) is 32.3 Å². The summed E-state index contributed by atoms with van der Waals surface area (Å²) in [5.74, 6) is 2.14. The van der Waals surface area contributed by atoms with Crippen LogP contribution in [0.3, 0.4) is 0 Å². The van der Waals surface area contributed by atoms with Crippen LogP contribution in [0.4, 0.5) is 0 Å². The fourth-order valence-corrected chi connectivity index (χ4v) is 3.12. The summed E-state index contributed by atoms with van der Waals surface area (Å²) in [5.41, 5.74) is 0. The Morgan fingerprint density at radius 1 is 1.39 bits per heavy atom. The van der Waals surface area contributed by atoms with E-state index in [1.807, 2.05) is 4.90 Å². The average Bonchev–Trinajstić information content (AvgIpc) is 2.93. The molecule has 1 amide bonds. The third kappa shape index (κ3) is 2.69. The molecule has 18 heavy (non-hydrogen) atoms. The Labute approximate surface area is 109 Å². The van der Waals surface area contributed by atoms with Crippen LogP contribution in [-0.2, 0) is 14.3 Å². The molecule has 0 aromatic carbocycles. The summed E-state index contributed by atoms with van der Waals surface area (Å²) in [6.07, 6.45) is 4.07. The van der Waals surface area contributed by atoms with E-state index in [9.17, 15) is 4.79 Å². The molecule has 0 aromatic heterocycles. The van der Waals surface area contributed by atoms with Gasteiger partial charge >= 0.3 is 0 Å². The summed E-state index contributed by atoms with van der Waals surface area (Å²) >= 11 is 0. The Morgan fingerprint density at radius 3 is 2.94 bits per heavy atom. The largest absolute Gasteiger partial charge is 0.381 e. The molecule has 0 radical (unpaired) electrons. The van der Waals surface area contributed by atoms with Crippen molar-refractivity contribution in [3.05, 3.63) is 0 Å². The minimum atomic E-state index is 0.178. The van der Waals surface area contributed by atoms with E-state index in [2.05, 4.69) is 0 Å². The van der Waals surface area contributed by atoms with Crippen LogP contribution in [0, 0.1) is 17.8 Å². The second-order valence-electron chi connectivity index (χ2n) is 6.03. The standard InChI is InChI=1S/C14H23NO3/c1-10(16)15-6-13-12(9-18-14(13)7-15)4-5-17-8-11-2-3-11/h11-14H,2-9H2,1H3/t12-,13-,14-/m0/s1. The van der Waals surface area contributed by atoms with Crippen molar-refractivity contribution in [1.82, 2.24) is 4.90 Å². The van der Waals surface area contributed by atoms with Gasteiger partial charge in [-0.25, -0.2) is 0 Å². The average molecular weight is 253 g/mol. The number of amides is 1. The van der Waals surface area contributed by atoms with E-state index in [-0.39, 0.29) is 12.0 Å². The van der Waals surface area contributed by atoms with Crippen molar-refractivity contribution < 1.29 is 14.3 Å². The van der Waals surface area contributed by atoms with E-state index in [0.717, 1.165) is 45.2 Å². The maximum Gasteiger partial charge on any atom is 0.219 e. The smallest absolute Gasteiger partial charge is 0.219 e. The normalized spacial score (nSPS) is 34.9. The molecule has 3 atom stereocenters. The minimum Gasteiger partial charge on any atom is -0.381 e. The molecule has 3 rings (SSSR count). The molecule has 0 unspecified atom stereocenters. The summed E-state index contributed by atoms with van der Waals surface area (Å²) < 4.78 is 11.5. The van der Waals surface area contributed by atoms with Gasteiger partial charge in [0.2, 0.25) is 5.91 Å². The van der Waals surface area contributed by atoms with Crippen LogP contribution in [0.2, 0.25) is 0 Å². The highest BCUT2D eigenvalue weighted by Gasteiger charge is 2.44. The molecule has 0 bridgehead atoms. The molecule has 4 nitrogen and oxygen atoms in total. The Balaban J connectivity index is 1.41. The van der Waals surface area contributed by atoms with E-state index in [4.69, 9.17) is 9.47 Å². The van der Waals surface area contributed by atoms with Crippen molar-refractivity contribution in [3.63, 3.8) is 0 Å². The maximum atomic E-state index is 11.4. The molecule has 2 heterocycles. The first-order valence-electron chi connectivity index (χ1n) is 7.19. The van der Waals surface area contributed by atoms with Crippen molar-refractivity contribution in [2.75, 3.05) is 32.9 Å². The van der Waals surface area contributed by atoms with Crippen LogP contribution in [0.5, 0.6) is 0 Å². The summed E-state index contributed by atoms with van der Waals surface area (Å²) in [5, 5.41) is 0. The van der Waals surface area contributed by atoms with Gasteiger partial charge in [-0.1, -0.05) is 0 Å². The molecule has 1 aliphatic carbocycles. The van der Waals surface area contributed by atoms with Gasteiger partial charge in [0.05, 0.1) is 12.7 Å². The van der Waals surface area contributed by atoms with Gasteiger partial charge in [-0.05, 0) is 31.1 Å². The highest BCUT2D eigenvalue weighted by atomic mass is 16.5. The third-order valence-corrected chi connectivity index (χ3v) is 4.57. The molecule has 2 aliphatic heterocycles. The van der Waals surface area contributed by atoms with Crippen LogP contribution in [-0.4, -0.2) is 49.8 Å². The van der Waals surface area contributed by atoms with Gasteiger partial charge in [0.15, 0.2) is 0 Å². The van der Waals surface area contributed by atoms with Crippen LogP contribution < -0.4 is 0 Å². The lowest BCUT2D eigenvalue weighted by Crippen LogP contribution is -2.29. The number of carbonyl (C=O) groups excluding carboxylic acids is 1. The van der Waals surface area contributed by atoms with Gasteiger partial charge < -0.3 is 14.4 Å². The number of rotatable bonds is 5. The Bertz CT molecular complexity index is 316. The fraction of sp³-hybridized carbons (Fsp3) is 0.929. The molecule has 0 aromatic rings. The van der Waals surface area contributed by atoms with E-state index in [1.54, 1.807) is 6.92 Å². The number of carbonyl (C=O) groups is 1. The van der Waals surface area contributed by atoms with E-state index >= 15 is 0 Å². The van der Waals surface area contributed by atoms with Crippen molar-refractivity contribution in [1.29, 1.82) is 0 Å². The number of hydrogen-bond acceptors (Lipinski definition) is 3. The number of hydrogen-bond donors (Lipinski definition) is 0. The molecule has 102 valence electrons. The lowest BCUT2D eigenvalue weighted by atomic mass is 9.91. The first-order chi connectivity index (χ1) is 8.74. The highest BCUT2D eigenvalue weighted by Crippen LogP contribution is 2.35. The van der Waals surface area contributed by atoms with Gasteiger partial charge in [0, 0.05) is 39.1 Å². The monoisotopic (exact) mass is 253 g/mol. The molecule has 1 saturated carbocycles. The maximum absolute atomic E-state index is 11.4. The lowest BCUT2D eigenvalue weighted by molar-refractivity contribution is -0.128. The van der Waals surface area contributed by atoms with Crippen LogP contribution >= 0.6 is 0 Å². The molecular weight excluding hydrogens is 230 g/mol. The Hall–Kier alpha value is -0.610. The van der Waals surface area contributed by atoms with Gasteiger partial charge in [-0.3, -0.25) is 4.79 Å². The zero-order chi connectivity index (χ0) is 12.5. The molecule has 2 saturated heterocycles. The topological polar surface area (TPSA) is 38.8 Å². The summed E-state index contributed by atoms with van der Waals surface area (Å²) in [7, 11) is 0. The lowest BCUT2D eigenvalue weighted by Gasteiger charge is -2.18. The minimum absolute atomic E-state index is 0.178. The number of likely N-dealkylation sites (tertiary alicyclic amines) is 1. The van der Waals surface area contributed by atoms with E-state index in [0.29, 0.717) is 11.8 Å². The van der Waals surface area contributed by atoms with Crippen molar-refractivity contribution >= 4 is 5.91 Å². The first kappa shape index (κ1) is 12.4. The van der Waals surface area contributed by atoms with Crippen LogP contribution in [0.1, 0.15) is 26.2 Å². The Morgan fingerprint density at radius 2 is 2.22 bits per heavy atom. The summed E-state index contributed by atoms with van der Waals surface area (Å²) in [4.78, 5) is 13.3. The first-order valence-corrected chi connectivity index (χ1v) is 7.19. The third-order valence-electron chi connectivity index (χ3n) is 4.57. The molecule has 0 N–H and O–H groups in total. The van der Waals surface area contributed by atoms with Crippen LogP contribution in [0.25, 0.3) is 0 Å². The SMILES string of the molecule is CC(=O)N1C[C@H]2[C@@H](CCOCC3CC3)CO[C@H]2C1. The summed E-state index contributed by atoms with van der Waals surface area (Å²) in [6, 6.07) is 0. The molecular formula is C14H23NO3. The highest BCUT2D eigenvalue weighted by molar-refractivity contribution is 5.73. The number of ether oxygens (including phenoxy) is 2. The van der Waals surface area contributed by atoms with Gasteiger partial charge in [-0.15, -0.1) is 0 Å². The zero-order valence-corrected chi connectivity index (χ0v) is 11.1. The van der Waals surface area contributed by atoms with Crippen LogP contribution in [0.15, 0.2) is 0 Å². The molecule has 0 spiro atoms. The Kier molecular flexibility index (Phi) is 3.57. The molecule has 3 fully saturated rings. The second-order valence-corrected chi connectivity index (χ2v) is 6.03. The number of nitrogens with zero attached hydrogens (tertiary/aromatic N) is 1. The van der Waals surface area contributed by atoms with Gasteiger partial charge in [0.25, 0.3) is 0 Å². The molecule has 3 aliphatic rings. The van der Waals surface area contributed by atoms with Gasteiger partial charge in [0.1, 0.15) is 0 Å². The molecule has 4 heteroatoms. The second kappa shape index (κ2) is 5.17. The quantitative estimate of drug-likeness (QED) is 0.693.